The van der Waals surface area contributed by atoms with Gasteiger partial charge in [-0.1, -0.05) is 13.8 Å². The molecule has 0 aromatic carbocycles. The molecule has 6 heteroatoms. The van der Waals surface area contributed by atoms with Crippen molar-refractivity contribution in [3.05, 3.63) is 20.8 Å². The van der Waals surface area contributed by atoms with Crippen molar-refractivity contribution in [2.45, 2.75) is 26.7 Å². The number of nitrogens with zero attached hydrogens (tertiary/aromatic N) is 1. The van der Waals surface area contributed by atoms with Gasteiger partial charge in [-0.15, -0.1) is 22.7 Å². The van der Waals surface area contributed by atoms with Crippen molar-refractivity contribution in [1.29, 1.82) is 0 Å². The number of nitrogen functional groups attached to an aromatic ring is 1. The molecule has 2 rings (SSSR count). The van der Waals surface area contributed by atoms with E-state index in [1.165, 1.54) is 11.3 Å². The summed E-state index contributed by atoms with van der Waals surface area (Å²) in [5.41, 5.74) is 8.05. The van der Waals surface area contributed by atoms with E-state index in [1.54, 1.807) is 11.3 Å². The van der Waals surface area contributed by atoms with E-state index in [0.717, 1.165) is 21.1 Å². The summed E-state index contributed by atoms with van der Waals surface area (Å²) in [6.07, 6.45) is 0. The van der Waals surface area contributed by atoms with Crippen LogP contribution >= 0.6 is 22.7 Å². The first-order valence-electron chi connectivity index (χ1n) is 5.49. The predicted molar refractivity (Wildman–Crippen MR) is 75.6 cm³/mol. The molecule has 0 amide bonds. The van der Waals surface area contributed by atoms with Gasteiger partial charge in [0.25, 0.3) is 0 Å². The van der Waals surface area contributed by atoms with Crippen LogP contribution in [-0.4, -0.2) is 16.1 Å². The molecule has 3 N–H and O–H groups in total. The van der Waals surface area contributed by atoms with Crippen LogP contribution in [0.25, 0.3) is 10.6 Å². The molecule has 0 aliphatic heterocycles. The fraction of sp³-hybridized carbons (Fsp3) is 0.333. The predicted octanol–water partition coefficient (Wildman–Crippen LogP) is 3.58. The summed E-state index contributed by atoms with van der Waals surface area (Å²) in [6, 6.07) is 0. The highest BCUT2D eigenvalue weighted by Crippen LogP contribution is 2.42. The summed E-state index contributed by atoms with van der Waals surface area (Å²) < 4.78 is 0. The highest BCUT2D eigenvalue weighted by molar-refractivity contribution is 7.18. The first-order valence-corrected chi connectivity index (χ1v) is 7.19. The minimum Gasteiger partial charge on any atom is -0.477 e. The second kappa shape index (κ2) is 4.70. The molecule has 0 fully saturated rings. The number of nitrogens with two attached hydrogens (primary N) is 1. The smallest absolute Gasteiger partial charge is 0.348 e. The highest BCUT2D eigenvalue weighted by atomic mass is 32.1. The van der Waals surface area contributed by atoms with E-state index >= 15 is 0 Å². The Bertz CT molecular complexity index is 599. The number of rotatable bonds is 3. The average Bonchev–Trinajstić information content (AvgIpc) is 2.81. The fourth-order valence-electron chi connectivity index (χ4n) is 1.85. The average molecular weight is 282 g/mol. The van der Waals surface area contributed by atoms with Gasteiger partial charge in [0.2, 0.25) is 0 Å². The van der Waals surface area contributed by atoms with Crippen molar-refractivity contribution in [2.24, 2.45) is 0 Å². The van der Waals surface area contributed by atoms with Gasteiger partial charge in [0, 0.05) is 5.38 Å². The molecule has 0 aliphatic carbocycles. The van der Waals surface area contributed by atoms with Crippen molar-refractivity contribution in [3.63, 3.8) is 0 Å². The third-order valence-corrected chi connectivity index (χ3v) is 4.61. The number of carboxylic acids is 1. The third-order valence-electron chi connectivity index (χ3n) is 2.61. The molecule has 2 aromatic rings. The number of carbonyl (C=O) groups is 1. The fourth-order valence-corrected chi connectivity index (χ4v) is 3.70. The van der Waals surface area contributed by atoms with Gasteiger partial charge in [0.15, 0.2) is 0 Å². The van der Waals surface area contributed by atoms with Crippen LogP contribution in [0.15, 0.2) is 5.38 Å². The Morgan fingerprint density at radius 3 is 2.61 bits per heavy atom. The minimum absolute atomic E-state index is 0.173. The van der Waals surface area contributed by atoms with Crippen molar-refractivity contribution < 1.29 is 9.90 Å². The van der Waals surface area contributed by atoms with Gasteiger partial charge < -0.3 is 10.8 Å². The normalized spacial score (nSPS) is 11.1. The van der Waals surface area contributed by atoms with Gasteiger partial charge >= 0.3 is 5.97 Å². The highest BCUT2D eigenvalue weighted by Gasteiger charge is 2.24. The van der Waals surface area contributed by atoms with Crippen LogP contribution in [0.4, 0.5) is 5.69 Å². The van der Waals surface area contributed by atoms with Crippen molar-refractivity contribution in [2.75, 3.05) is 5.73 Å². The van der Waals surface area contributed by atoms with Gasteiger partial charge in [-0.05, 0) is 18.4 Å². The number of thiazole rings is 1. The molecule has 96 valence electrons. The van der Waals surface area contributed by atoms with Gasteiger partial charge in [-0.3, -0.25) is 0 Å². The number of aromatic carboxylic acids is 1. The molecule has 0 atom stereocenters. The second-order valence-corrected chi connectivity index (χ2v) is 6.38. The molecule has 0 unspecified atom stereocenters. The standard InChI is InChI=1S/C12H14N2O2S2/c1-5(2)8-9(13)11(12(15)16)18-10(8)7-4-17-6(3)14-7/h4-5H,13H2,1-3H3,(H,15,16). The Hall–Kier alpha value is -1.40. The summed E-state index contributed by atoms with van der Waals surface area (Å²) in [6.45, 7) is 5.94. The summed E-state index contributed by atoms with van der Waals surface area (Å²) in [4.78, 5) is 16.7. The van der Waals surface area contributed by atoms with Crippen molar-refractivity contribution >= 4 is 34.3 Å². The maximum atomic E-state index is 11.2. The van der Waals surface area contributed by atoms with E-state index in [9.17, 15) is 4.79 Å². The molecule has 0 radical (unpaired) electrons. The van der Waals surface area contributed by atoms with Gasteiger partial charge in [0.05, 0.1) is 21.3 Å². The van der Waals surface area contributed by atoms with Gasteiger partial charge in [0.1, 0.15) is 4.88 Å². The van der Waals surface area contributed by atoms with Gasteiger partial charge in [-0.25, -0.2) is 9.78 Å². The van der Waals surface area contributed by atoms with E-state index in [0.29, 0.717) is 5.69 Å². The second-order valence-electron chi connectivity index (χ2n) is 4.30. The number of aromatic nitrogens is 1. The maximum Gasteiger partial charge on any atom is 0.348 e. The van der Waals surface area contributed by atoms with Crippen LogP contribution in [0, 0.1) is 6.92 Å². The van der Waals surface area contributed by atoms with Crippen molar-refractivity contribution in [1.82, 2.24) is 4.98 Å². The Kier molecular flexibility index (Phi) is 3.41. The van der Waals surface area contributed by atoms with Crippen LogP contribution < -0.4 is 5.73 Å². The lowest BCUT2D eigenvalue weighted by atomic mass is 10.0. The Balaban J connectivity index is 2.66. The minimum atomic E-state index is -0.974. The molecule has 2 heterocycles. The first-order chi connectivity index (χ1) is 8.41. The summed E-state index contributed by atoms with van der Waals surface area (Å²) in [5, 5.41) is 12.1. The topological polar surface area (TPSA) is 76.2 Å². The van der Waals surface area contributed by atoms with Crippen LogP contribution in [0.2, 0.25) is 0 Å². The number of thiophene rings is 1. The molecular weight excluding hydrogens is 268 g/mol. The zero-order chi connectivity index (χ0) is 13.4. The zero-order valence-electron chi connectivity index (χ0n) is 10.4. The monoisotopic (exact) mass is 282 g/mol. The molecular formula is C12H14N2O2S2. The molecule has 0 spiro atoms. The zero-order valence-corrected chi connectivity index (χ0v) is 12.0. The SMILES string of the molecule is Cc1nc(-c2sc(C(=O)O)c(N)c2C(C)C)cs1. The van der Waals surface area contributed by atoms with Crippen LogP contribution in [0.1, 0.15) is 40.0 Å². The molecule has 18 heavy (non-hydrogen) atoms. The molecule has 0 saturated heterocycles. The Labute approximate surface area is 113 Å². The molecule has 0 saturated carbocycles. The van der Waals surface area contributed by atoms with E-state index in [2.05, 4.69) is 4.98 Å². The van der Waals surface area contributed by atoms with Crippen LogP contribution in [0.5, 0.6) is 0 Å². The Morgan fingerprint density at radius 2 is 2.17 bits per heavy atom. The van der Waals surface area contributed by atoms with E-state index in [-0.39, 0.29) is 10.8 Å². The van der Waals surface area contributed by atoms with E-state index < -0.39 is 5.97 Å². The van der Waals surface area contributed by atoms with E-state index in [4.69, 9.17) is 10.8 Å². The quantitative estimate of drug-likeness (QED) is 0.902. The largest absolute Gasteiger partial charge is 0.477 e. The van der Waals surface area contributed by atoms with Crippen LogP contribution in [-0.2, 0) is 0 Å². The third kappa shape index (κ3) is 2.13. The lowest BCUT2D eigenvalue weighted by molar-refractivity contribution is 0.0703. The van der Waals surface area contributed by atoms with Gasteiger partial charge in [-0.2, -0.15) is 0 Å². The molecule has 0 aliphatic rings. The number of anilines is 1. The number of hydrogen-bond donors (Lipinski definition) is 2. The number of hydrogen-bond acceptors (Lipinski definition) is 5. The molecule has 0 bridgehead atoms. The lowest BCUT2D eigenvalue weighted by Gasteiger charge is -2.07. The van der Waals surface area contributed by atoms with E-state index in [1.807, 2.05) is 26.2 Å². The Morgan fingerprint density at radius 1 is 1.50 bits per heavy atom. The number of carboxylic acid groups (broad SMARTS) is 1. The van der Waals surface area contributed by atoms with Crippen LogP contribution in [0.3, 0.4) is 0 Å². The molecule has 4 nitrogen and oxygen atoms in total. The van der Waals surface area contributed by atoms with Crippen molar-refractivity contribution in [3.8, 4) is 10.6 Å². The summed E-state index contributed by atoms with van der Waals surface area (Å²) in [5.74, 6) is -0.802. The maximum absolute atomic E-state index is 11.2. The summed E-state index contributed by atoms with van der Waals surface area (Å²) in [7, 11) is 0. The number of aryl methyl sites for hydroxylation is 1. The first kappa shape index (κ1) is 13.0. The molecule has 2 aromatic heterocycles. The summed E-state index contributed by atoms with van der Waals surface area (Å²) >= 11 is 2.76. The lowest BCUT2D eigenvalue weighted by Crippen LogP contribution is -2.00.